The molecule has 0 fully saturated rings. The van der Waals surface area contributed by atoms with Crippen LogP contribution in [-0.2, 0) is 15.1 Å². The number of carbonyl (C=O) groups is 1. The predicted molar refractivity (Wildman–Crippen MR) is 66.8 cm³/mol. The Kier molecular flexibility index (Phi) is 4.80. The first kappa shape index (κ1) is 14.6. The standard InChI is InChI=1S/C11H21N5O2/c1-8(10(17)13-5-6-18-4)16-7-9(14-15-16)11(2,3)12/h7-8H,5-6,12H2,1-4H3,(H,13,17). The fourth-order valence-electron chi connectivity index (χ4n) is 1.31. The number of aromatic nitrogens is 3. The first-order valence-corrected chi connectivity index (χ1v) is 5.84. The van der Waals surface area contributed by atoms with Crippen molar-refractivity contribution in [3.8, 4) is 0 Å². The number of methoxy groups -OCH3 is 1. The number of nitrogens with zero attached hydrogens (tertiary/aromatic N) is 3. The van der Waals surface area contributed by atoms with Crippen molar-refractivity contribution in [2.45, 2.75) is 32.4 Å². The normalized spacial score (nSPS) is 13.4. The van der Waals surface area contributed by atoms with Crippen molar-refractivity contribution < 1.29 is 9.53 Å². The molecule has 0 aromatic carbocycles. The maximum absolute atomic E-state index is 11.8. The average molecular weight is 255 g/mol. The molecule has 1 heterocycles. The maximum Gasteiger partial charge on any atom is 0.244 e. The summed E-state index contributed by atoms with van der Waals surface area (Å²) in [5, 5.41) is 10.6. The van der Waals surface area contributed by atoms with Crippen LogP contribution in [0.5, 0.6) is 0 Å². The number of amides is 1. The summed E-state index contributed by atoms with van der Waals surface area (Å²) in [6.07, 6.45) is 1.70. The van der Waals surface area contributed by atoms with E-state index in [1.54, 1.807) is 20.2 Å². The van der Waals surface area contributed by atoms with E-state index in [4.69, 9.17) is 10.5 Å². The van der Waals surface area contributed by atoms with Crippen molar-refractivity contribution in [3.05, 3.63) is 11.9 Å². The summed E-state index contributed by atoms with van der Waals surface area (Å²) in [6.45, 7) is 6.39. The summed E-state index contributed by atoms with van der Waals surface area (Å²) in [5.74, 6) is -0.127. The van der Waals surface area contributed by atoms with E-state index in [0.29, 0.717) is 18.8 Å². The zero-order chi connectivity index (χ0) is 13.8. The van der Waals surface area contributed by atoms with Crippen LogP contribution in [0.3, 0.4) is 0 Å². The minimum absolute atomic E-state index is 0.127. The first-order valence-electron chi connectivity index (χ1n) is 5.84. The Morgan fingerprint density at radius 2 is 2.33 bits per heavy atom. The molecular formula is C11H21N5O2. The van der Waals surface area contributed by atoms with Gasteiger partial charge in [0.05, 0.1) is 18.3 Å². The fourth-order valence-corrected chi connectivity index (χ4v) is 1.31. The van der Waals surface area contributed by atoms with Gasteiger partial charge in [-0.15, -0.1) is 5.10 Å². The van der Waals surface area contributed by atoms with Crippen LogP contribution in [0, 0.1) is 0 Å². The Bertz CT molecular complexity index is 396. The Morgan fingerprint density at radius 1 is 1.67 bits per heavy atom. The van der Waals surface area contributed by atoms with Crippen LogP contribution in [0.4, 0.5) is 0 Å². The zero-order valence-electron chi connectivity index (χ0n) is 11.3. The summed E-state index contributed by atoms with van der Waals surface area (Å²) in [5.41, 5.74) is 6.00. The number of nitrogens with one attached hydrogen (secondary N) is 1. The van der Waals surface area contributed by atoms with Crippen LogP contribution in [0.15, 0.2) is 6.20 Å². The molecule has 1 aromatic heterocycles. The monoisotopic (exact) mass is 255 g/mol. The van der Waals surface area contributed by atoms with Gasteiger partial charge >= 0.3 is 0 Å². The molecule has 3 N–H and O–H groups in total. The summed E-state index contributed by atoms with van der Waals surface area (Å²) in [6, 6.07) is -0.426. The SMILES string of the molecule is COCCNC(=O)C(C)n1cc(C(C)(C)N)nn1. The fraction of sp³-hybridized carbons (Fsp3) is 0.727. The third-order valence-electron chi connectivity index (χ3n) is 2.55. The number of nitrogens with two attached hydrogens (primary N) is 1. The highest BCUT2D eigenvalue weighted by Gasteiger charge is 2.22. The molecule has 1 rings (SSSR count). The highest BCUT2D eigenvalue weighted by molar-refractivity contribution is 5.79. The van der Waals surface area contributed by atoms with Crippen LogP contribution < -0.4 is 11.1 Å². The van der Waals surface area contributed by atoms with Gasteiger partial charge in [-0.05, 0) is 20.8 Å². The molecule has 0 aliphatic heterocycles. The van der Waals surface area contributed by atoms with Gasteiger partial charge < -0.3 is 15.8 Å². The van der Waals surface area contributed by atoms with E-state index < -0.39 is 11.6 Å². The second-order valence-electron chi connectivity index (χ2n) is 4.77. The van der Waals surface area contributed by atoms with Gasteiger partial charge in [-0.25, -0.2) is 4.68 Å². The number of hydrogen-bond donors (Lipinski definition) is 2. The van der Waals surface area contributed by atoms with Crippen molar-refractivity contribution >= 4 is 5.91 Å². The van der Waals surface area contributed by atoms with Crippen LogP contribution in [0.2, 0.25) is 0 Å². The molecule has 0 saturated heterocycles. The largest absolute Gasteiger partial charge is 0.383 e. The Morgan fingerprint density at radius 3 is 2.83 bits per heavy atom. The van der Waals surface area contributed by atoms with E-state index in [9.17, 15) is 4.79 Å². The van der Waals surface area contributed by atoms with Gasteiger partial charge in [-0.1, -0.05) is 5.21 Å². The lowest BCUT2D eigenvalue weighted by Gasteiger charge is -2.14. The number of rotatable bonds is 6. The van der Waals surface area contributed by atoms with Crippen LogP contribution in [0.1, 0.15) is 32.5 Å². The molecule has 1 amide bonds. The summed E-state index contributed by atoms with van der Waals surface area (Å²) in [4.78, 5) is 11.8. The van der Waals surface area contributed by atoms with Gasteiger partial charge in [0.25, 0.3) is 0 Å². The van der Waals surface area contributed by atoms with E-state index in [1.165, 1.54) is 4.68 Å². The predicted octanol–water partition coefficient (Wildman–Crippen LogP) is -0.204. The topological polar surface area (TPSA) is 95.1 Å². The van der Waals surface area contributed by atoms with Gasteiger partial charge in [0.1, 0.15) is 11.7 Å². The second kappa shape index (κ2) is 5.92. The quantitative estimate of drug-likeness (QED) is 0.686. The molecule has 0 aliphatic rings. The van der Waals surface area contributed by atoms with E-state index in [2.05, 4.69) is 15.6 Å². The van der Waals surface area contributed by atoms with Crippen molar-refractivity contribution in [1.29, 1.82) is 0 Å². The van der Waals surface area contributed by atoms with Gasteiger partial charge in [0.15, 0.2) is 0 Å². The lowest BCUT2D eigenvalue weighted by molar-refractivity contribution is -0.124. The van der Waals surface area contributed by atoms with Gasteiger partial charge in [0.2, 0.25) is 5.91 Å². The smallest absolute Gasteiger partial charge is 0.244 e. The molecule has 102 valence electrons. The van der Waals surface area contributed by atoms with Crippen molar-refractivity contribution in [2.75, 3.05) is 20.3 Å². The molecular weight excluding hydrogens is 234 g/mol. The van der Waals surface area contributed by atoms with E-state index in [-0.39, 0.29) is 5.91 Å². The lowest BCUT2D eigenvalue weighted by atomic mass is 10.0. The molecule has 0 radical (unpaired) electrons. The number of ether oxygens (including phenoxy) is 1. The summed E-state index contributed by atoms with van der Waals surface area (Å²) < 4.78 is 6.37. The second-order valence-corrected chi connectivity index (χ2v) is 4.77. The minimum atomic E-state index is -0.565. The zero-order valence-corrected chi connectivity index (χ0v) is 11.3. The molecule has 7 heteroatoms. The summed E-state index contributed by atoms with van der Waals surface area (Å²) in [7, 11) is 1.59. The Labute approximate surface area is 107 Å². The van der Waals surface area contributed by atoms with Crippen LogP contribution in [0.25, 0.3) is 0 Å². The first-order chi connectivity index (χ1) is 8.36. The van der Waals surface area contributed by atoms with Crippen molar-refractivity contribution in [3.63, 3.8) is 0 Å². The Hall–Kier alpha value is -1.47. The van der Waals surface area contributed by atoms with E-state index in [1.807, 2.05) is 13.8 Å². The van der Waals surface area contributed by atoms with Crippen molar-refractivity contribution in [2.24, 2.45) is 5.73 Å². The third kappa shape index (κ3) is 3.78. The Balaban J connectivity index is 2.64. The van der Waals surface area contributed by atoms with Gasteiger partial charge in [-0.3, -0.25) is 4.79 Å². The molecule has 1 atom stereocenters. The molecule has 7 nitrogen and oxygen atoms in total. The molecule has 0 aliphatic carbocycles. The van der Waals surface area contributed by atoms with Crippen molar-refractivity contribution in [1.82, 2.24) is 20.3 Å². The molecule has 1 aromatic rings. The molecule has 18 heavy (non-hydrogen) atoms. The van der Waals surface area contributed by atoms with Gasteiger partial charge in [0, 0.05) is 13.7 Å². The van der Waals surface area contributed by atoms with E-state index in [0.717, 1.165) is 0 Å². The third-order valence-corrected chi connectivity index (χ3v) is 2.55. The number of carbonyl (C=O) groups excluding carboxylic acids is 1. The van der Waals surface area contributed by atoms with Gasteiger partial charge in [-0.2, -0.15) is 0 Å². The molecule has 0 saturated carbocycles. The highest BCUT2D eigenvalue weighted by atomic mass is 16.5. The molecule has 0 spiro atoms. The summed E-state index contributed by atoms with van der Waals surface area (Å²) >= 11 is 0. The lowest BCUT2D eigenvalue weighted by Crippen LogP contribution is -2.33. The maximum atomic E-state index is 11.8. The van der Waals surface area contributed by atoms with E-state index >= 15 is 0 Å². The minimum Gasteiger partial charge on any atom is -0.383 e. The molecule has 0 bridgehead atoms. The van der Waals surface area contributed by atoms with Crippen LogP contribution >= 0.6 is 0 Å². The number of hydrogen-bond acceptors (Lipinski definition) is 5. The molecule has 1 unspecified atom stereocenters. The highest BCUT2D eigenvalue weighted by Crippen LogP contribution is 2.14. The average Bonchev–Trinajstić information content (AvgIpc) is 2.77. The van der Waals surface area contributed by atoms with Crippen LogP contribution in [-0.4, -0.2) is 41.2 Å².